The van der Waals surface area contributed by atoms with Crippen molar-refractivity contribution >= 4 is 9.84 Å². The number of hydrogen-bond acceptors (Lipinski definition) is 3. The molecule has 21 heavy (non-hydrogen) atoms. The molecule has 0 amide bonds. The van der Waals surface area contributed by atoms with Crippen LogP contribution in [-0.2, 0) is 9.84 Å². The van der Waals surface area contributed by atoms with Gasteiger partial charge in [0.05, 0.1) is 4.90 Å². The number of nitrogens with one attached hydrogen (secondary N) is 1. The fourth-order valence-electron chi connectivity index (χ4n) is 3.26. The van der Waals surface area contributed by atoms with Crippen molar-refractivity contribution in [2.45, 2.75) is 56.4 Å². The van der Waals surface area contributed by atoms with E-state index in [0.29, 0.717) is 10.8 Å². The molecule has 0 spiro atoms. The van der Waals surface area contributed by atoms with Gasteiger partial charge in [0.25, 0.3) is 0 Å². The first kappa shape index (κ1) is 16.5. The van der Waals surface area contributed by atoms with Crippen LogP contribution in [0.3, 0.4) is 0 Å². The molecule has 2 rings (SSSR count). The van der Waals surface area contributed by atoms with E-state index in [1.165, 1.54) is 38.4 Å². The lowest BCUT2D eigenvalue weighted by molar-refractivity contribution is 0.271. The molecule has 118 valence electrons. The van der Waals surface area contributed by atoms with Crippen LogP contribution in [0.5, 0.6) is 0 Å². The molecule has 0 saturated heterocycles. The van der Waals surface area contributed by atoms with Crippen LogP contribution in [0.15, 0.2) is 29.2 Å². The summed E-state index contributed by atoms with van der Waals surface area (Å²) in [5.74, 6) is 0.625. The van der Waals surface area contributed by atoms with Gasteiger partial charge in [0.2, 0.25) is 0 Å². The lowest BCUT2D eigenvalue weighted by atomic mass is 9.81. The summed E-state index contributed by atoms with van der Waals surface area (Å²) in [5, 5.41) is 3.64. The molecule has 0 heterocycles. The summed E-state index contributed by atoms with van der Waals surface area (Å²) in [4.78, 5) is 0.430. The van der Waals surface area contributed by atoms with Gasteiger partial charge in [-0.15, -0.1) is 0 Å². The fraction of sp³-hybridized carbons (Fsp3) is 0.647. The van der Waals surface area contributed by atoms with Gasteiger partial charge in [0, 0.05) is 12.3 Å². The summed E-state index contributed by atoms with van der Waals surface area (Å²) in [7, 11) is -3.14. The Hall–Kier alpha value is -0.870. The highest BCUT2D eigenvalue weighted by Crippen LogP contribution is 2.35. The van der Waals surface area contributed by atoms with Gasteiger partial charge in [-0.05, 0) is 49.4 Å². The van der Waals surface area contributed by atoms with Crippen LogP contribution in [-0.4, -0.2) is 21.2 Å². The second kappa shape index (κ2) is 7.41. The van der Waals surface area contributed by atoms with Crippen molar-refractivity contribution in [2.24, 2.45) is 5.92 Å². The maximum absolute atomic E-state index is 11.8. The van der Waals surface area contributed by atoms with Gasteiger partial charge in [0.15, 0.2) is 9.84 Å². The molecule has 1 saturated carbocycles. The van der Waals surface area contributed by atoms with Crippen molar-refractivity contribution in [3.05, 3.63) is 29.8 Å². The third-order valence-electron chi connectivity index (χ3n) is 4.38. The van der Waals surface area contributed by atoms with Crippen molar-refractivity contribution in [1.82, 2.24) is 5.32 Å². The van der Waals surface area contributed by atoms with Crippen molar-refractivity contribution in [1.29, 1.82) is 0 Å². The third kappa shape index (κ3) is 4.55. The number of rotatable bonds is 6. The Labute approximate surface area is 129 Å². The molecule has 1 aliphatic rings. The van der Waals surface area contributed by atoms with E-state index in [9.17, 15) is 8.42 Å². The first-order chi connectivity index (χ1) is 10.0. The van der Waals surface area contributed by atoms with Crippen molar-refractivity contribution in [3.63, 3.8) is 0 Å². The van der Waals surface area contributed by atoms with E-state index < -0.39 is 9.84 Å². The van der Waals surface area contributed by atoms with Crippen molar-refractivity contribution in [2.75, 3.05) is 12.8 Å². The summed E-state index contributed by atoms with van der Waals surface area (Å²) in [6, 6.07) is 7.77. The van der Waals surface area contributed by atoms with E-state index in [1.54, 1.807) is 6.07 Å². The highest BCUT2D eigenvalue weighted by molar-refractivity contribution is 7.90. The zero-order valence-corrected chi connectivity index (χ0v) is 14.0. The largest absolute Gasteiger partial charge is 0.310 e. The van der Waals surface area contributed by atoms with Crippen molar-refractivity contribution < 1.29 is 8.42 Å². The standard InChI is InChI=1S/C17H27NO2S/c1-3-12-18-17(14-8-5-4-6-9-14)15-10-7-11-16(13-15)21(2,19)20/h7,10-11,13-14,17-18H,3-6,8-9,12H2,1-2H3. The first-order valence-electron chi connectivity index (χ1n) is 8.05. The van der Waals surface area contributed by atoms with E-state index in [2.05, 4.69) is 18.3 Å². The monoisotopic (exact) mass is 309 g/mol. The Bertz CT molecular complexity index is 548. The van der Waals surface area contributed by atoms with Crippen LogP contribution < -0.4 is 5.32 Å². The molecule has 1 aliphatic carbocycles. The average molecular weight is 309 g/mol. The fourth-order valence-corrected chi connectivity index (χ4v) is 3.94. The highest BCUT2D eigenvalue weighted by atomic mass is 32.2. The molecule has 0 aromatic heterocycles. The topological polar surface area (TPSA) is 46.2 Å². The molecule has 0 aliphatic heterocycles. The molecule has 1 N–H and O–H groups in total. The predicted molar refractivity (Wildman–Crippen MR) is 87.2 cm³/mol. The Morgan fingerprint density at radius 1 is 1.24 bits per heavy atom. The SMILES string of the molecule is CCCNC(c1cccc(S(C)(=O)=O)c1)C1CCCCC1. The van der Waals surface area contributed by atoms with Gasteiger partial charge in [-0.25, -0.2) is 8.42 Å². The van der Waals surface area contributed by atoms with Gasteiger partial charge in [-0.1, -0.05) is 38.3 Å². The van der Waals surface area contributed by atoms with Gasteiger partial charge in [0.1, 0.15) is 0 Å². The molecule has 4 heteroatoms. The Kier molecular flexibility index (Phi) is 5.82. The second-order valence-electron chi connectivity index (χ2n) is 6.17. The lowest BCUT2D eigenvalue weighted by Crippen LogP contribution is -2.30. The van der Waals surface area contributed by atoms with Crippen LogP contribution in [0, 0.1) is 5.92 Å². The zero-order valence-electron chi connectivity index (χ0n) is 13.1. The minimum atomic E-state index is -3.14. The minimum Gasteiger partial charge on any atom is -0.310 e. The third-order valence-corrected chi connectivity index (χ3v) is 5.49. The first-order valence-corrected chi connectivity index (χ1v) is 9.95. The van der Waals surface area contributed by atoms with Crippen LogP contribution in [0.25, 0.3) is 0 Å². The van der Waals surface area contributed by atoms with Gasteiger partial charge in [-0.2, -0.15) is 0 Å². The molecular formula is C17H27NO2S. The molecule has 0 radical (unpaired) electrons. The van der Waals surface area contributed by atoms with E-state index in [4.69, 9.17) is 0 Å². The highest BCUT2D eigenvalue weighted by Gasteiger charge is 2.25. The normalized spacial score (nSPS) is 18.6. The number of benzene rings is 1. The van der Waals surface area contributed by atoms with E-state index in [0.717, 1.165) is 18.5 Å². The molecule has 0 bridgehead atoms. The molecule has 1 atom stereocenters. The van der Waals surface area contributed by atoms with Gasteiger partial charge < -0.3 is 5.32 Å². The molecule has 1 fully saturated rings. The van der Waals surface area contributed by atoms with Crippen molar-refractivity contribution in [3.8, 4) is 0 Å². The quantitative estimate of drug-likeness (QED) is 0.871. The van der Waals surface area contributed by atoms with Crippen LogP contribution >= 0.6 is 0 Å². The predicted octanol–water partition coefficient (Wildman–Crippen LogP) is 3.71. The summed E-state index contributed by atoms with van der Waals surface area (Å²) < 4.78 is 23.6. The number of sulfone groups is 1. The zero-order chi connectivity index (χ0) is 15.3. The smallest absolute Gasteiger partial charge is 0.175 e. The second-order valence-corrected chi connectivity index (χ2v) is 8.19. The summed E-state index contributed by atoms with van der Waals surface area (Å²) >= 11 is 0. The van der Waals surface area contributed by atoms with E-state index in [1.807, 2.05) is 12.1 Å². The summed E-state index contributed by atoms with van der Waals surface area (Å²) in [6.45, 7) is 3.14. The average Bonchev–Trinajstić information content (AvgIpc) is 2.48. The lowest BCUT2D eigenvalue weighted by Gasteiger charge is -2.31. The molecule has 1 aromatic rings. The van der Waals surface area contributed by atoms with Gasteiger partial charge in [-0.3, -0.25) is 0 Å². The molecule has 1 aromatic carbocycles. The maximum Gasteiger partial charge on any atom is 0.175 e. The Morgan fingerprint density at radius 2 is 1.95 bits per heavy atom. The van der Waals surface area contributed by atoms with Crippen LogP contribution in [0.2, 0.25) is 0 Å². The van der Waals surface area contributed by atoms with Crippen LogP contribution in [0.1, 0.15) is 57.1 Å². The summed E-state index contributed by atoms with van der Waals surface area (Å²) in [5.41, 5.74) is 1.12. The Balaban J connectivity index is 2.27. The Morgan fingerprint density at radius 3 is 2.57 bits per heavy atom. The van der Waals surface area contributed by atoms with Gasteiger partial charge >= 0.3 is 0 Å². The molecule has 3 nitrogen and oxygen atoms in total. The minimum absolute atomic E-state index is 0.284. The molecule has 1 unspecified atom stereocenters. The summed E-state index contributed by atoms with van der Waals surface area (Å²) in [6.07, 6.45) is 8.77. The van der Waals surface area contributed by atoms with Crippen LogP contribution in [0.4, 0.5) is 0 Å². The van der Waals surface area contributed by atoms with E-state index >= 15 is 0 Å². The molecular weight excluding hydrogens is 282 g/mol. The van der Waals surface area contributed by atoms with E-state index in [-0.39, 0.29) is 6.04 Å². The maximum atomic E-state index is 11.8. The number of hydrogen-bond donors (Lipinski definition) is 1.